The van der Waals surface area contributed by atoms with Crippen molar-refractivity contribution in [1.82, 2.24) is 0 Å². The highest BCUT2D eigenvalue weighted by Gasteiger charge is 2.51. The molecule has 19 heavy (non-hydrogen) atoms. The van der Waals surface area contributed by atoms with Gasteiger partial charge in [0.2, 0.25) is 0 Å². The maximum Gasteiger partial charge on any atom is 0.0898 e. The fourth-order valence-electron chi connectivity index (χ4n) is 5.59. The van der Waals surface area contributed by atoms with E-state index >= 15 is 0 Å². The van der Waals surface area contributed by atoms with Crippen molar-refractivity contribution < 1.29 is 5.11 Å². The summed E-state index contributed by atoms with van der Waals surface area (Å²) in [4.78, 5) is 1.13. The molecule has 0 radical (unpaired) electrons. The first kappa shape index (κ1) is 12.8. The van der Waals surface area contributed by atoms with Crippen LogP contribution in [-0.2, 0) is 0 Å². The molecule has 1 aromatic rings. The lowest BCUT2D eigenvalue weighted by Crippen LogP contribution is -2.46. The molecule has 0 aromatic carbocycles. The second kappa shape index (κ2) is 4.57. The number of thiophene rings is 1. The molecule has 1 aromatic heterocycles. The van der Waals surface area contributed by atoms with E-state index in [9.17, 15) is 5.11 Å². The first-order valence-corrected chi connectivity index (χ1v) is 9.22. The minimum absolute atomic E-state index is 0.259. The number of hydrogen-bond acceptors (Lipinski definition) is 2. The van der Waals surface area contributed by atoms with Crippen molar-refractivity contribution in [3.63, 3.8) is 0 Å². The van der Waals surface area contributed by atoms with Gasteiger partial charge >= 0.3 is 0 Å². The molecule has 5 rings (SSSR count). The van der Waals surface area contributed by atoms with E-state index in [1.54, 1.807) is 11.3 Å². The molecule has 3 heteroatoms. The van der Waals surface area contributed by atoms with E-state index in [1.807, 2.05) is 0 Å². The molecule has 104 valence electrons. The Hall–Kier alpha value is 0.140. The maximum absolute atomic E-state index is 10.6. The molecule has 1 N–H and O–H groups in total. The summed E-state index contributed by atoms with van der Waals surface area (Å²) in [5.74, 6) is 2.93. The summed E-state index contributed by atoms with van der Waals surface area (Å²) in [6, 6.07) is 2.06. The standard InChI is InChI=1S/C16H21BrOS/c17-13-1-2-19-15(13)14(18)9-16-6-10-3-11(7-16)5-12(4-10)8-16/h1-2,10-12,14,18H,3-9H2. The molecule has 4 saturated carbocycles. The van der Waals surface area contributed by atoms with Crippen LogP contribution < -0.4 is 0 Å². The molecule has 0 saturated heterocycles. The molecule has 1 nitrogen and oxygen atoms in total. The Labute approximate surface area is 127 Å². The van der Waals surface area contributed by atoms with Gasteiger partial charge in [0.25, 0.3) is 0 Å². The minimum Gasteiger partial charge on any atom is -0.388 e. The Morgan fingerprint density at radius 3 is 2.26 bits per heavy atom. The normalized spacial score (nSPS) is 41.7. The number of aliphatic hydroxyl groups excluding tert-OH is 1. The largest absolute Gasteiger partial charge is 0.388 e. The predicted molar refractivity (Wildman–Crippen MR) is 82.2 cm³/mol. The lowest BCUT2D eigenvalue weighted by atomic mass is 9.48. The van der Waals surface area contributed by atoms with Gasteiger partial charge in [-0.1, -0.05) is 0 Å². The third-order valence-corrected chi connectivity index (χ3v) is 7.71. The Balaban J connectivity index is 1.55. The van der Waals surface area contributed by atoms with E-state index in [2.05, 4.69) is 27.4 Å². The minimum atomic E-state index is -0.259. The van der Waals surface area contributed by atoms with Crippen LogP contribution in [0.2, 0.25) is 0 Å². The first-order chi connectivity index (χ1) is 9.13. The second-order valence-electron chi connectivity index (χ2n) is 7.27. The number of rotatable bonds is 3. The summed E-state index contributed by atoms with van der Waals surface area (Å²) in [6.07, 6.45) is 9.35. The predicted octanol–water partition coefficient (Wildman–Crippen LogP) is 5.15. The van der Waals surface area contributed by atoms with Crippen LogP contribution >= 0.6 is 27.3 Å². The van der Waals surface area contributed by atoms with Crippen LogP contribution in [0.3, 0.4) is 0 Å². The second-order valence-corrected chi connectivity index (χ2v) is 9.07. The van der Waals surface area contributed by atoms with Crippen LogP contribution in [0.4, 0.5) is 0 Å². The van der Waals surface area contributed by atoms with Crippen molar-refractivity contribution in [3.05, 3.63) is 20.8 Å². The van der Waals surface area contributed by atoms with Gasteiger partial charge in [-0.3, -0.25) is 0 Å². The summed E-state index contributed by atoms with van der Waals surface area (Å²) in [5, 5.41) is 12.7. The van der Waals surface area contributed by atoms with Crippen molar-refractivity contribution in [3.8, 4) is 0 Å². The lowest BCUT2D eigenvalue weighted by molar-refractivity contribution is -0.0760. The molecule has 0 amide bonds. The summed E-state index contributed by atoms with van der Waals surface area (Å²) in [5.41, 5.74) is 0.470. The maximum atomic E-state index is 10.6. The zero-order chi connectivity index (χ0) is 13.0. The lowest BCUT2D eigenvalue weighted by Gasteiger charge is -2.57. The highest BCUT2D eigenvalue weighted by Crippen LogP contribution is 2.62. The van der Waals surface area contributed by atoms with Gasteiger partial charge in [-0.2, -0.15) is 0 Å². The molecular formula is C16H21BrOS. The summed E-state index contributed by atoms with van der Waals surface area (Å²) in [6.45, 7) is 0. The average Bonchev–Trinajstić information content (AvgIpc) is 2.72. The SMILES string of the molecule is OC(CC12CC3CC(CC(C3)C1)C2)c1sccc1Br. The summed E-state index contributed by atoms with van der Waals surface area (Å²) in [7, 11) is 0. The molecule has 0 spiro atoms. The van der Waals surface area contributed by atoms with E-state index in [1.165, 1.54) is 38.5 Å². The summed E-state index contributed by atoms with van der Waals surface area (Å²) < 4.78 is 1.09. The van der Waals surface area contributed by atoms with Gasteiger partial charge in [0.1, 0.15) is 0 Å². The molecule has 0 aliphatic heterocycles. The first-order valence-electron chi connectivity index (χ1n) is 7.54. The number of halogens is 1. The highest BCUT2D eigenvalue weighted by molar-refractivity contribution is 9.10. The van der Waals surface area contributed by atoms with E-state index < -0.39 is 0 Å². The molecule has 4 aliphatic carbocycles. The number of aliphatic hydroxyl groups is 1. The monoisotopic (exact) mass is 340 g/mol. The van der Waals surface area contributed by atoms with Crippen LogP contribution in [0.15, 0.2) is 15.9 Å². The average molecular weight is 341 g/mol. The zero-order valence-corrected chi connectivity index (χ0v) is 13.5. The van der Waals surface area contributed by atoms with E-state index in [4.69, 9.17) is 0 Å². The van der Waals surface area contributed by atoms with E-state index in [-0.39, 0.29) is 6.10 Å². The van der Waals surface area contributed by atoms with E-state index in [0.717, 1.165) is 33.5 Å². The van der Waals surface area contributed by atoms with Crippen LogP contribution in [0.5, 0.6) is 0 Å². The van der Waals surface area contributed by atoms with Crippen molar-refractivity contribution >= 4 is 27.3 Å². The van der Waals surface area contributed by atoms with Crippen LogP contribution in [0.25, 0.3) is 0 Å². The third kappa shape index (κ3) is 2.22. The van der Waals surface area contributed by atoms with Gasteiger partial charge in [-0.25, -0.2) is 0 Å². The molecule has 4 aliphatic rings. The van der Waals surface area contributed by atoms with Gasteiger partial charge in [0, 0.05) is 9.35 Å². The summed E-state index contributed by atoms with van der Waals surface area (Å²) >= 11 is 5.26. The van der Waals surface area contributed by atoms with Crippen LogP contribution in [-0.4, -0.2) is 5.11 Å². The van der Waals surface area contributed by atoms with Crippen molar-refractivity contribution in [2.45, 2.75) is 51.0 Å². The molecule has 1 atom stereocenters. The zero-order valence-electron chi connectivity index (χ0n) is 11.1. The van der Waals surface area contributed by atoms with Crippen LogP contribution in [0.1, 0.15) is 55.9 Å². The van der Waals surface area contributed by atoms with Crippen molar-refractivity contribution in [2.75, 3.05) is 0 Å². The molecule has 1 unspecified atom stereocenters. The van der Waals surface area contributed by atoms with Crippen molar-refractivity contribution in [1.29, 1.82) is 0 Å². The van der Waals surface area contributed by atoms with Crippen molar-refractivity contribution in [2.24, 2.45) is 23.2 Å². The Morgan fingerprint density at radius 2 is 1.79 bits per heavy atom. The smallest absolute Gasteiger partial charge is 0.0898 e. The van der Waals surface area contributed by atoms with E-state index in [0.29, 0.717) is 5.41 Å². The van der Waals surface area contributed by atoms with Gasteiger partial charge in [0.05, 0.1) is 6.10 Å². The fraction of sp³-hybridized carbons (Fsp3) is 0.750. The fourth-order valence-corrected chi connectivity index (χ4v) is 7.21. The Bertz CT molecular complexity index is 446. The quantitative estimate of drug-likeness (QED) is 0.806. The highest BCUT2D eigenvalue weighted by atomic mass is 79.9. The third-order valence-electron chi connectivity index (χ3n) is 5.74. The Kier molecular flexibility index (Phi) is 3.09. The van der Waals surface area contributed by atoms with Crippen LogP contribution in [0, 0.1) is 23.2 Å². The van der Waals surface area contributed by atoms with Gasteiger partial charge in [0.15, 0.2) is 0 Å². The molecule has 4 bridgehead atoms. The topological polar surface area (TPSA) is 20.2 Å². The molecule has 4 fully saturated rings. The van der Waals surface area contributed by atoms with Gasteiger partial charge in [-0.05, 0) is 95.5 Å². The van der Waals surface area contributed by atoms with Gasteiger partial charge < -0.3 is 5.11 Å². The molecule has 1 heterocycles. The Morgan fingerprint density at radius 1 is 1.21 bits per heavy atom. The molecular weight excluding hydrogens is 320 g/mol. The number of hydrogen-bond donors (Lipinski definition) is 1. The van der Waals surface area contributed by atoms with Gasteiger partial charge in [-0.15, -0.1) is 11.3 Å².